The van der Waals surface area contributed by atoms with E-state index in [1.807, 2.05) is 0 Å². The van der Waals surface area contributed by atoms with E-state index in [2.05, 4.69) is 0 Å². The van der Waals surface area contributed by atoms with Crippen LogP contribution in [-0.2, 0) is 16.9 Å². The summed E-state index contributed by atoms with van der Waals surface area (Å²) in [5.41, 5.74) is -0.296. The minimum absolute atomic E-state index is 0.171. The number of benzene rings is 1. The van der Waals surface area contributed by atoms with E-state index in [-0.39, 0.29) is 12.4 Å². The number of aliphatic hydroxyl groups is 1. The highest BCUT2D eigenvalue weighted by molar-refractivity contribution is 5.40. The summed E-state index contributed by atoms with van der Waals surface area (Å²) >= 11 is 0. The van der Waals surface area contributed by atoms with Gasteiger partial charge in [-0.25, -0.2) is 4.39 Å². The SMILES string of the molecule is CC(C)(O)c1cc2c(cc1F)COCO2. The fraction of sp³-hybridized carbons (Fsp3) is 0.455. The van der Waals surface area contributed by atoms with Crippen molar-refractivity contribution in [2.24, 2.45) is 0 Å². The minimum atomic E-state index is -1.21. The molecule has 1 heterocycles. The second-order valence-corrected chi connectivity index (χ2v) is 4.11. The van der Waals surface area contributed by atoms with Crippen molar-refractivity contribution in [3.63, 3.8) is 0 Å². The largest absolute Gasteiger partial charge is 0.467 e. The van der Waals surface area contributed by atoms with Crippen molar-refractivity contribution in [1.29, 1.82) is 0 Å². The highest BCUT2D eigenvalue weighted by atomic mass is 19.1. The molecule has 0 spiro atoms. The summed E-state index contributed by atoms with van der Waals surface area (Å²) < 4.78 is 23.8. The Hall–Kier alpha value is -1.13. The van der Waals surface area contributed by atoms with Crippen molar-refractivity contribution < 1.29 is 19.0 Å². The van der Waals surface area contributed by atoms with Crippen LogP contribution in [0.2, 0.25) is 0 Å². The molecule has 1 aromatic carbocycles. The van der Waals surface area contributed by atoms with Gasteiger partial charge in [0.15, 0.2) is 6.79 Å². The summed E-state index contributed by atoms with van der Waals surface area (Å²) in [7, 11) is 0. The summed E-state index contributed by atoms with van der Waals surface area (Å²) in [6, 6.07) is 2.88. The van der Waals surface area contributed by atoms with Gasteiger partial charge in [-0.05, 0) is 26.0 Å². The molecule has 0 fully saturated rings. The summed E-state index contributed by atoms with van der Waals surface area (Å²) in [5.74, 6) is 0.148. The molecule has 0 atom stereocenters. The third-order valence-electron chi connectivity index (χ3n) is 2.36. The van der Waals surface area contributed by atoms with E-state index >= 15 is 0 Å². The van der Waals surface area contributed by atoms with Gasteiger partial charge in [-0.15, -0.1) is 0 Å². The minimum Gasteiger partial charge on any atom is -0.467 e. The molecule has 0 unspecified atom stereocenters. The van der Waals surface area contributed by atoms with E-state index in [9.17, 15) is 9.50 Å². The molecule has 0 radical (unpaired) electrons. The van der Waals surface area contributed by atoms with Gasteiger partial charge >= 0.3 is 0 Å². The van der Waals surface area contributed by atoms with Gasteiger partial charge in [-0.1, -0.05) is 0 Å². The van der Waals surface area contributed by atoms with Crippen LogP contribution in [0, 0.1) is 5.82 Å². The van der Waals surface area contributed by atoms with E-state index in [1.165, 1.54) is 26.0 Å². The topological polar surface area (TPSA) is 38.7 Å². The van der Waals surface area contributed by atoms with Crippen molar-refractivity contribution in [2.45, 2.75) is 26.1 Å². The highest BCUT2D eigenvalue weighted by Gasteiger charge is 2.24. The number of halogens is 1. The van der Waals surface area contributed by atoms with E-state index < -0.39 is 11.4 Å². The summed E-state index contributed by atoms with van der Waals surface area (Å²) in [4.78, 5) is 0. The van der Waals surface area contributed by atoms with Gasteiger partial charge in [0.1, 0.15) is 11.6 Å². The first-order chi connectivity index (χ1) is 6.98. The lowest BCUT2D eigenvalue weighted by atomic mass is 9.96. The van der Waals surface area contributed by atoms with E-state index in [0.717, 1.165) is 0 Å². The van der Waals surface area contributed by atoms with Crippen molar-refractivity contribution >= 4 is 0 Å². The van der Waals surface area contributed by atoms with E-state index in [4.69, 9.17) is 9.47 Å². The smallest absolute Gasteiger partial charge is 0.189 e. The van der Waals surface area contributed by atoms with Crippen LogP contribution in [0.1, 0.15) is 25.0 Å². The van der Waals surface area contributed by atoms with Gasteiger partial charge in [0.2, 0.25) is 0 Å². The molecule has 15 heavy (non-hydrogen) atoms. The third kappa shape index (κ3) is 1.96. The molecule has 2 rings (SSSR count). The lowest BCUT2D eigenvalue weighted by molar-refractivity contribution is -0.0172. The predicted molar refractivity (Wildman–Crippen MR) is 51.9 cm³/mol. The van der Waals surface area contributed by atoms with Crippen LogP contribution in [0.3, 0.4) is 0 Å². The number of hydrogen-bond donors (Lipinski definition) is 1. The Kier molecular flexibility index (Phi) is 2.40. The Morgan fingerprint density at radius 1 is 1.40 bits per heavy atom. The predicted octanol–water partition coefficient (Wildman–Crippen LogP) is 1.92. The highest BCUT2D eigenvalue weighted by Crippen LogP contribution is 2.31. The summed E-state index contributed by atoms with van der Waals surface area (Å²) in [6.07, 6.45) is 0. The number of hydrogen-bond acceptors (Lipinski definition) is 3. The molecular formula is C11H13FO3. The molecule has 82 valence electrons. The standard InChI is InChI=1S/C11H13FO3/c1-11(2,13)8-4-10-7(3-9(8)12)5-14-6-15-10/h3-4,13H,5-6H2,1-2H3. The molecule has 1 N–H and O–H groups in total. The normalized spacial score (nSPS) is 15.7. The Morgan fingerprint density at radius 2 is 2.13 bits per heavy atom. The fourth-order valence-electron chi connectivity index (χ4n) is 1.57. The zero-order chi connectivity index (χ0) is 11.1. The van der Waals surface area contributed by atoms with Crippen LogP contribution in [-0.4, -0.2) is 11.9 Å². The molecule has 0 saturated carbocycles. The molecule has 0 aliphatic carbocycles. The van der Waals surface area contributed by atoms with Crippen LogP contribution >= 0.6 is 0 Å². The maximum Gasteiger partial charge on any atom is 0.189 e. The Morgan fingerprint density at radius 3 is 2.80 bits per heavy atom. The van der Waals surface area contributed by atoms with Crippen LogP contribution in [0.25, 0.3) is 0 Å². The van der Waals surface area contributed by atoms with Gasteiger partial charge < -0.3 is 14.6 Å². The average molecular weight is 212 g/mol. The van der Waals surface area contributed by atoms with Gasteiger partial charge in [0.05, 0.1) is 12.2 Å². The van der Waals surface area contributed by atoms with Gasteiger partial charge in [0.25, 0.3) is 0 Å². The van der Waals surface area contributed by atoms with Crippen molar-refractivity contribution in [3.8, 4) is 5.75 Å². The van der Waals surface area contributed by atoms with Crippen LogP contribution < -0.4 is 4.74 Å². The molecule has 0 bridgehead atoms. The lowest BCUT2D eigenvalue weighted by Crippen LogP contribution is -2.20. The van der Waals surface area contributed by atoms with Crippen molar-refractivity contribution in [3.05, 3.63) is 29.1 Å². The Bertz CT molecular complexity index is 382. The number of ether oxygens (including phenoxy) is 2. The van der Waals surface area contributed by atoms with Crippen molar-refractivity contribution in [1.82, 2.24) is 0 Å². The maximum atomic E-state index is 13.6. The average Bonchev–Trinajstić information content (AvgIpc) is 2.15. The second kappa shape index (κ2) is 3.47. The third-order valence-corrected chi connectivity index (χ3v) is 2.36. The molecule has 1 aliphatic heterocycles. The van der Waals surface area contributed by atoms with E-state index in [1.54, 1.807) is 0 Å². The van der Waals surface area contributed by atoms with E-state index in [0.29, 0.717) is 17.9 Å². The Labute approximate surface area is 87.4 Å². The van der Waals surface area contributed by atoms with Gasteiger partial charge in [-0.2, -0.15) is 0 Å². The quantitative estimate of drug-likeness (QED) is 0.773. The zero-order valence-electron chi connectivity index (χ0n) is 8.71. The number of rotatable bonds is 1. The van der Waals surface area contributed by atoms with Crippen molar-refractivity contribution in [2.75, 3.05) is 6.79 Å². The Balaban J connectivity index is 2.50. The van der Waals surface area contributed by atoms with Crippen LogP contribution in [0.4, 0.5) is 4.39 Å². The molecule has 4 heteroatoms. The first-order valence-electron chi connectivity index (χ1n) is 4.74. The van der Waals surface area contributed by atoms with Gasteiger partial charge in [-0.3, -0.25) is 0 Å². The fourth-order valence-corrected chi connectivity index (χ4v) is 1.57. The lowest BCUT2D eigenvalue weighted by Gasteiger charge is -2.23. The molecule has 1 aromatic rings. The van der Waals surface area contributed by atoms with Crippen LogP contribution in [0.5, 0.6) is 5.75 Å². The van der Waals surface area contributed by atoms with Crippen LogP contribution in [0.15, 0.2) is 12.1 Å². The summed E-state index contributed by atoms with van der Waals surface area (Å²) in [6.45, 7) is 3.59. The molecule has 3 nitrogen and oxygen atoms in total. The molecule has 0 saturated heterocycles. The zero-order valence-corrected chi connectivity index (χ0v) is 8.71. The number of fused-ring (bicyclic) bond motifs is 1. The second-order valence-electron chi connectivity index (χ2n) is 4.11. The monoisotopic (exact) mass is 212 g/mol. The first-order valence-corrected chi connectivity index (χ1v) is 4.74. The van der Waals surface area contributed by atoms with Gasteiger partial charge in [0, 0.05) is 11.1 Å². The first kappa shape index (κ1) is 10.4. The molecule has 0 amide bonds. The maximum absolute atomic E-state index is 13.6. The molecular weight excluding hydrogens is 199 g/mol. The summed E-state index contributed by atoms with van der Waals surface area (Å²) in [5, 5.41) is 9.74. The molecule has 1 aliphatic rings. The molecule has 0 aromatic heterocycles.